The van der Waals surface area contributed by atoms with Crippen LogP contribution in [0.2, 0.25) is 0 Å². The van der Waals surface area contributed by atoms with Gasteiger partial charge >= 0.3 is 143 Å². The fourth-order valence-electron chi connectivity index (χ4n) is 5.47. The summed E-state index contributed by atoms with van der Waals surface area (Å²) >= 11 is -2.62. The molecule has 0 radical (unpaired) electrons. The molecular weight excluding hydrogens is 407 g/mol. The molecule has 4 fully saturated rings. The number of halogens is 1. The van der Waals surface area contributed by atoms with Gasteiger partial charge in [0.25, 0.3) is 0 Å². The van der Waals surface area contributed by atoms with Gasteiger partial charge in [-0.1, -0.05) is 0 Å². The summed E-state index contributed by atoms with van der Waals surface area (Å²) in [5.74, 6) is 1.71. The second-order valence-corrected chi connectivity index (χ2v) is 10.9. The van der Waals surface area contributed by atoms with E-state index in [1.54, 1.807) is 6.07 Å². The van der Waals surface area contributed by atoms with E-state index in [-0.39, 0.29) is 17.4 Å². The molecule has 122 valence electrons. The summed E-state index contributed by atoms with van der Waals surface area (Å²) in [5, 5.41) is 0. The molecule has 0 spiro atoms. The fourth-order valence-corrected chi connectivity index (χ4v) is 8.84. The monoisotopic (exact) mass is 426 g/mol. The minimum absolute atomic E-state index is 0.0775. The van der Waals surface area contributed by atoms with Crippen LogP contribution in [-0.2, 0) is 10.9 Å². The summed E-state index contributed by atoms with van der Waals surface area (Å²) in [7, 11) is 0. The molecule has 1 aromatic rings. The Labute approximate surface area is 143 Å². The molecule has 5 aliphatic rings. The van der Waals surface area contributed by atoms with Gasteiger partial charge in [-0.2, -0.15) is 0 Å². The molecule has 4 aliphatic carbocycles. The molecule has 4 bridgehead atoms. The number of fused-ring (bicyclic) bond motifs is 1. The molecule has 4 nitrogen and oxygen atoms in total. The maximum atomic E-state index is 13.0. The van der Waals surface area contributed by atoms with E-state index >= 15 is 0 Å². The molecule has 4 saturated carbocycles. The van der Waals surface area contributed by atoms with Crippen LogP contribution in [0.1, 0.15) is 48.9 Å². The molecule has 1 aromatic carbocycles. The van der Waals surface area contributed by atoms with E-state index in [9.17, 15) is 9.59 Å². The molecule has 0 atom stereocenters. The van der Waals surface area contributed by atoms with Crippen LogP contribution < -0.4 is 0 Å². The Morgan fingerprint density at radius 3 is 2.35 bits per heavy atom. The van der Waals surface area contributed by atoms with Crippen molar-refractivity contribution in [3.8, 4) is 0 Å². The summed E-state index contributed by atoms with van der Waals surface area (Å²) in [6.45, 7) is 0. The van der Waals surface area contributed by atoms with Gasteiger partial charge in [0.15, 0.2) is 0 Å². The number of carbonyl (C=O) groups excluding carboxylic acids is 2. The van der Waals surface area contributed by atoms with E-state index in [4.69, 9.17) is 6.13 Å². The first-order valence-corrected chi connectivity index (χ1v) is 11.2. The van der Waals surface area contributed by atoms with Gasteiger partial charge in [-0.05, 0) is 0 Å². The zero-order chi connectivity index (χ0) is 15.6. The Morgan fingerprint density at radius 1 is 1.09 bits per heavy atom. The van der Waals surface area contributed by atoms with Crippen LogP contribution in [0.15, 0.2) is 24.3 Å². The van der Waals surface area contributed by atoms with E-state index in [0.29, 0.717) is 23.3 Å². The third-order valence-corrected chi connectivity index (χ3v) is 9.50. The van der Waals surface area contributed by atoms with Crippen LogP contribution in [0.4, 0.5) is 0 Å². The molecule has 6 rings (SSSR count). The molecule has 23 heavy (non-hydrogen) atoms. The van der Waals surface area contributed by atoms with Crippen molar-refractivity contribution in [1.82, 2.24) is 0 Å². The molecule has 5 heteroatoms. The van der Waals surface area contributed by atoms with Gasteiger partial charge < -0.3 is 0 Å². The van der Waals surface area contributed by atoms with Crippen LogP contribution in [0.25, 0.3) is 0 Å². The van der Waals surface area contributed by atoms with Crippen molar-refractivity contribution < 1.29 is 15.7 Å². The normalized spacial score (nSPS) is 38.3. The second kappa shape index (κ2) is 4.94. The first-order valence-electron chi connectivity index (χ1n) is 8.38. The van der Waals surface area contributed by atoms with E-state index in [2.05, 4.69) is 0 Å². The molecule has 0 saturated heterocycles. The number of hydrogen-bond donors (Lipinski definition) is 0. The number of rotatable bonds is 2. The van der Waals surface area contributed by atoms with Gasteiger partial charge in [-0.3, -0.25) is 0 Å². The van der Waals surface area contributed by atoms with Gasteiger partial charge in [0.2, 0.25) is 0 Å². The van der Waals surface area contributed by atoms with Crippen LogP contribution in [-0.4, -0.2) is 11.9 Å². The first-order chi connectivity index (χ1) is 11.1. The van der Waals surface area contributed by atoms with Gasteiger partial charge in [0.05, 0.1) is 0 Å². The number of hydrogen-bond acceptors (Lipinski definition) is 4. The van der Waals surface area contributed by atoms with Crippen molar-refractivity contribution in [2.45, 2.75) is 38.5 Å². The van der Waals surface area contributed by atoms with Gasteiger partial charge in [-0.25, -0.2) is 0 Å². The molecule has 0 amide bonds. The predicted octanol–water partition coefficient (Wildman–Crippen LogP) is 4.12. The molecular formula is C18H19IO4. The number of benzene rings is 1. The summed E-state index contributed by atoms with van der Waals surface area (Å²) in [5.41, 5.74) is 0.298. The van der Waals surface area contributed by atoms with Gasteiger partial charge in [0.1, 0.15) is 0 Å². The van der Waals surface area contributed by atoms with Crippen LogP contribution in [0.3, 0.4) is 0 Å². The van der Waals surface area contributed by atoms with Gasteiger partial charge in [0, 0.05) is 0 Å². The fraction of sp³-hybridized carbons (Fsp3) is 0.556. The Kier molecular flexibility index (Phi) is 3.06. The quantitative estimate of drug-likeness (QED) is 0.668. The SMILES string of the molecule is O=C1OI(OC(=O)C23CC4CC(CC(C4)C2)C3)c2ccccc21. The summed E-state index contributed by atoms with van der Waals surface area (Å²) in [6.07, 6.45) is 6.85. The predicted molar refractivity (Wildman–Crippen MR) is 91.3 cm³/mol. The van der Waals surface area contributed by atoms with Crippen molar-refractivity contribution >= 4 is 32.6 Å². The molecule has 0 unspecified atom stereocenters. The third kappa shape index (κ3) is 2.15. The third-order valence-electron chi connectivity index (χ3n) is 6.01. The standard InChI is InChI=1S/C18H19IO4/c20-16-14-3-1-2-4-15(14)19(22-16)23-17(21)18-8-11-5-12(9-18)7-13(6-11)10-18/h1-4,11-13H,5-10H2. The van der Waals surface area contributed by atoms with Crippen molar-refractivity contribution in [3.63, 3.8) is 0 Å². The van der Waals surface area contributed by atoms with Crippen molar-refractivity contribution in [2.24, 2.45) is 23.2 Å². The van der Waals surface area contributed by atoms with E-state index in [1.165, 1.54) is 19.3 Å². The minimum atomic E-state index is -2.62. The van der Waals surface area contributed by atoms with Crippen LogP contribution >= 0.6 is 20.6 Å². The van der Waals surface area contributed by atoms with Crippen molar-refractivity contribution in [2.75, 3.05) is 0 Å². The zero-order valence-electron chi connectivity index (χ0n) is 12.8. The Bertz CT molecular complexity index is 663. The van der Waals surface area contributed by atoms with E-state index in [1.807, 2.05) is 18.2 Å². The van der Waals surface area contributed by atoms with Crippen molar-refractivity contribution in [3.05, 3.63) is 33.4 Å². The van der Waals surface area contributed by atoms with Crippen molar-refractivity contribution in [1.29, 1.82) is 0 Å². The average molecular weight is 426 g/mol. The zero-order valence-corrected chi connectivity index (χ0v) is 15.0. The molecule has 0 aromatic heterocycles. The van der Waals surface area contributed by atoms with E-state index < -0.39 is 20.6 Å². The van der Waals surface area contributed by atoms with E-state index in [0.717, 1.165) is 22.8 Å². The van der Waals surface area contributed by atoms with Gasteiger partial charge in [-0.15, -0.1) is 0 Å². The molecule has 1 heterocycles. The molecule has 1 aliphatic heterocycles. The number of carbonyl (C=O) groups is 2. The average Bonchev–Trinajstić information content (AvgIpc) is 2.83. The first kappa shape index (κ1) is 14.3. The maximum absolute atomic E-state index is 13.0. The molecule has 0 N–H and O–H groups in total. The Balaban J connectivity index is 1.40. The summed E-state index contributed by atoms with van der Waals surface area (Å²) in [4.78, 5) is 24.9. The topological polar surface area (TPSA) is 52.6 Å². The Morgan fingerprint density at radius 2 is 1.70 bits per heavy atom. The Hall–Kier alpha value is -1.11. The van der Waals surface area contributed by atoms with Crippen LogP contribution in [0, 0.1) is 26.7 Å². The second-order valence-electron chi connectivity index (χ2n) is 7.62. The summed E-state index contributed by atoms with van der Waals surface area (Å²) in [6, 6.07) is 7.33. The van der Waals surface area contributed by atoms with Crippen LogP contribution in [0.5, 0.6) is 0 Å². The summed E-state index contributed by atoms with van der Waals surface area (Å²) < 4.78 is 12.1.